The zero-order chi connectivity index (χ0) is 11.3. The van der Waals surface area contributed by atoms with Gasteiger partial charge in [-0.3, -0.25) is 4.79 Å². The summed E-state index contributed by atoms with van der Waals surface area (Å²) in [5.74, 6) is 5.46. The number of hydrazine groups is 1. The molecular weight excluding hydrogens is 194 g/mol. The molecule has 6 heteroatoms. The second kappa shape index (κ2) is 5.26. The lowest BCUT2D eigenvalue weighted by atomic mass is 10.3. The maximum atomic E-state index is 11.8. The van der Waals surface area contributed by atoms with Crippen molar-refractivity contribution in [1.29, 1.82) is 0 Å². The molecule has 0 aromatic carbocycles. The van der Waals surface area contributed by atoms with Crippen LogP contribution in [0.2, 0.25) is 0 Å². The number of carbonyl (C=O) groups is 1. The average Bonchev–Trinajstić information content (AvgIpc) is 2.30. The zero-order valence-corrected chi connectivity index (χ0v) is 8.90. The van der Waals surface area contributed by atoms with Gasteiger partial charge in [-0.1, -0.05) is 0 Å². The first kappa shape index (κ1) is 11.4. The number of hydrogen-bond acceptors (Lipinski definition) is 5. The molecule has 0 aliphatic carbocycles. The standard InChI is InChI=1S/C9H15N5O/c1-3-14(4-2)9(15)7-5-6-8(11-10)13-12-7/h5-6H,3-4,10H2,1-2H3,(H,11,13). The molecule has 0 aliphatic rings. The lowest BCUT2D eigenvalue weighted by molar-refractivity contribution is 0.0766. The Bertz CT molecular complexity index is 320. The lowest BCUT2D eigenvalue weighted by Crippen LogP contribution is -2.31. The second-order valence-electron chi connectivity index (χ2n) is 2.93. The predicted molar refractivity (Wildman–Crippen MR) is 57.1 cm³/mol. The highest BCUT2D eigenvalue weighted by atomic mass is 16.2. The van der Waals surface area contributed by atoms with E-state index in [0.29, 0.717) is 24.6 Å². The predicted octanol–water partition coefficient (Wildman–Crippen LogP) is 0.244. The van der Waals surface area contributed by atoms with E-state index in [1.165, 1.54) is 0 Å². The Kier molecular flexibility index (Phi) is 3.99. The molecule has 1 heterocycles. The third-order valence-corrected chi connectivity index (χ3v) is 2.08. The first-order valence-electron chi connectivity index (χ1n) is 4.82. The number of carbonyl (C=O) groups excluding carboxylic acids is 1. The van der Waals surface area contributed by atoms with Gasteiger partial charge in [0, 0.05) is 13.1 Å². The summed E-state index contributed by atoms with van der Waals surface area (Å²) in [5.41, 5.74) is 2.68. The summed E-state index contributed by atoms with van der Waals surface area (Å²) < 4.78 is 0. The summed E-state index contributed by atoms with van der Waals surface area (Å²) in [6.07, 6.45) is 0. The number of nitrogen functional groups attached to an aromatic ring is 1. The van der Waals surface area contributed by atoms with Crippen LogP contribution >= 0.6 is 0 Å². The number of aromatic nitrogens is 2. The molecule has 0 radical (unpaired) electrons. The smallest absolute Gasteiger partial charge is 0.274 e. The van der Waals surface area contributed by atoms with Crippen LogP contribution < -0.4 is 11.3 Å². The van der Waals surface area contributed by atoms with Gasteiger partial charge in [0.15, 0.2) is 11.5 Å². The normalized spacial score (nSPS) is 9.80. The minimum Gasteiger partial charge on any atom is -0.338 e. The third kappa shape index (κ3) is 2.63. The topological polar surface area (TPSA) is 84.1 Å². The maximum Gasteiger partial charge on any atom is 0.274 e. The van der Waals surface area contributed by atoms with E-state index in [-0.39, 0.29) is 5.91 Å². The van der Waals surface area contributed by atoms with Crippen LogP contribution in [0.1, 0.15) is 24.3 Å². The molecule has 0 saturated heterocycles. The van der Waals surface area contributed by atoms with Crippen LogP contribution in [-0.2, 0) is 0 Å². The molecule has 0 fully saturated rings. The van der Waals surface area contributed by atoms with Gasteiger partial charge in [0.05, 0.1) is 0 Å². The fraction of sp³-hybridized carbons (Fsp3) is 0.444. The number of nitrogens with two attached hydrogens (primary N) is 1. The number of hydrogen-bond donors (Lipinski definition) is 2. The Hall–Kier alpha value is -1.69. The van der Waals surface area contributed by atoms with Crippen molar-refractivity contribution in [2.24, 2.45) is 5.84 Å². The van der Waals surface area contributed by atoms with E-state index in [2.05, 4.69) is 15.6 Å². The maximum absolute atomic E-state index is 11.8. The van der Waals surface area contributed by atoms with E-state index in [1.807, 2.05) is 13.8 Å². The Morgan fingerprint density at radius 3 is 2.47 bits per heavy atom. The van der Waals surface area contributed by atoms with Crippen LogP contribution in [0.15, 0.2) is 12.1 Å². The van der Waals surface area contributed by atoms with Crippen molar-refractivity contribution in [3.05, 3.63) is 17.8 Å². The van der Waals surface area contributed by atoms with Gasteiger partial charge in [-0.15, -0.1) is 10.2 Å². The molecule has 1 aromatic rings. The van der Waals surface area contributed by atoms with E-state index in [9.17, 15) is 4.79 Å². The van der Waals surface area contributed by atoms with E-state index < -0.39 is 0 Å². The second-order valence-corrected chi connectivity index (χ2v) is 2.93. The van der Waals surface area contributed by atoms with Crippen molar-refractivity contribution in [2.45, 2.75) is 13.8 Å². The van der Waals surface area contributed by atoms with Crippen molar-refractivity contribution in [3.8, 4) is 0 Å². The fourth-order valence-corrected chi connectivity index (χ4v) is 1.20. The molecular formula is C9H15N5O. The van der Waals surface area contributed by atoms with E-state index in [0.717, 1.165) is 0 Å². The summed E-state index contributed by atoms with van der Waals surface area (Å²) in [6, 6.07) is 3.21. The Labute approximate surface area is 88.4 Å². The molecule has 0 unspecified atom stereocenters. The summed E-state index contributed by atoms with van der Waals surface area (Å²) in [5, 5.41) is 7.52. The van der Waals surface area contributed by atoms with Gasteiger partial charge in [-0.2, -0.15) is 0 Å². The molecule has 1 amide bonds. The van der Waals surface area contributed by atoms with Gasteiger partial charge < -0.3 is 10.3 Å². The van der Waals surface area contributed by atoms with Crippen LogP contribution in [0.25, 0.3) is 0 Å². The van der Waals surface area contributed by atoms with Gasteiger partial charge in [0.2, 0.25) is 0 Å². The van der Waals surface area contributed by atoms with Crippen molar-refractivity contribution in [1.82, 2.24) is 15.1 Å². The van der Waals surface area contributed by atoms with Gasteiger partial charge in [0.1, 0.15) is 0 Å². The number of nitrogens with one attached hydrogen (secondary N) is 1. The number of nitrogens with zero attached hydrogens (tertiary/aromatic N) is 3. The number of anilines is 1. The molecule has 82 valence electrons. The highest BCUT2D eigenvalue weighted by Crippen LogP contribution is 2.03. The molecule has 0 aliphatic heterocycles. The SMILES string of the molecule is CCN(CC)C(=O)c1ccc(NN)nn1. The molecule has 0 saturated carbocycles. The first-order chi connectivity index (χ1) is 7.22. The highest BCUT2D eigenvalue weighted by molar-refractivity contribution is 5.92. The summed E-state index contributed by atoms with van der Waals surface area (Å²) >= 11 is 0. The number of rotatable bonds is 4. The molecule has 3 N–H and O–H groups in total. The quantitative estimate of drug-likeness (QED) is 0.548. The van der Waals surface area contributed by atoms with Gasteiger partial charge in [-0.25, -0.2) is 5.84 Å². The molecule has 15 heavy (non-hydrogen) atoms. The summed E-state index contributed by atoms with van der Waals surface area (Å²) in [4.78, 5) is 13.5. The zero-order valence-electron chi connectivity index (χ0n) is 8.90. The van der Waals surface area contributed by atoms with E-state index in [4.69, 9.17) is 5.84 Å². The first-order valence-corrected chi connectivity index (χ1v) is 4.82. The molecule has 0 bridgehead atoms. The fourth-order valence-electron chi connectivity index (χ4n) is 1.20. The van der Waals surface area contributed by atoms with Crippen LogP contribution in [0, 0.1) is 0 Å². The highest BCUT2D eigenvalue weighted by Gasteiger charge is 2.13. The monoisotopic (exact) mass is 209 g/mol. The Morgan fingerprint density at radius 1 is 1.40 bits per heavy atom. The lowest BCUT2D eigenvalue weighted by Gasteiger charge is -2.17. The van der Waals surface area contributed by atoms with Crippen LogP contribution in [0.5, 0.6) is 0 Å². The number of amides is 1. The van der Waals surface area contributed by atoms with Crippen molar-refractivity contribution in [3.63, 3.8) is 0 Å². The summed E-state index contributed by atoms with van der Waals surface area (Å²) in [6.45, 7) is 5.16. The minimum absolute atomic E-state index is 0.115. The largest absolute Gasteiger partial charge is 0.338 e. The minimum atomic E-state index is -0.115. The van der Waals surface area contributed by atoms with Crippen molar-refractivity contribution < 1.29 is 4.79 Å². The Morgan fingerprint density at radius 2 is 2.07 bits per heavy atom. The van der Waals surface area contributed by atoms with Gasteiger partial charge in [0.25, 0.3) is 5.91 Å². The Balaban J connectivity index is 2.82. The molecule has 6 nitrogen and oxygen atoms in total. The molecule has 0 atom stereocenters. The van der Waals surface area contributed by atoms with Gasteiger partial charge >= 0.3 is 0 Å². The van der Waals surface area contributed by atoms with Gasteiger partial charge in [-0.05, 0) is 26.0 Å². The van der Waals surface area contributed by atoms with E-state index in [1.54, 1.807) is 17.0 Å². The average molecular weight is 209 g/mol. The molecule has 1 aromatic heterocycles. The molecule has 0 spiro atoms. The third-order valence-electron chi connectivity index (χ3n) is 2.08. The summed E-state index contributed by atoms with van der Waals surface area (Å²) in [7, 11) is 0. The van der Waals surface area contributed by atoms with Crippen molar-refractivity contribution in [2.75, 3.05) is 18.5 Å². The van der Waals surface area contributed by atoms with Crippen LogP contribution in [-0.4, -0.2) is 34.1 Å². The van der Waals surface area contributed by atoms with Crippen LogP contribution in [0.3, 0.4) is 0 Å². The van der Waals surface area contributed by atoms with Crippen molar-refractivity contribution >= 4 is 11.7 Å². The molecule has 1 rings (SSSR count). The van der Waals surface area contributed by atoms with E-state index >= 15 is 0 Å². The van der Waals surface area contributed by atoms with Crippen LogP contribution in [0.4, 0.5) is 5.82 Å².